The standard InChI is InChI=1S/C10H20ClNO4S/c1-10(2,17(5,14)15)9(13)12(3)6-8(11)7-16-4/h8H,6-7H2,1-5H3. The minimum absolute atomic E-state index is 0.243. The van der Waals surface area contributed by atoms with Crippen LogP contribution in [0.4, 0.5) is 0 Å². The topological polar surface area (TPSA) is 63.7 Å². The molecule has 5 nitrogen and oxygen atoms in total. The van der Waals surface area contributed by atoms with Gasteiger partial charge in [0.1, 0.15) is 4.75 Å². The molecular formula is C10H20ClNO4S. The summed E-state index contributed by atoms with van der Waals surface area (Å²) in [5, 5.41) is -0.357. The highest BCUT2D eigenvalue weighted by molar-refractivity contribution is 7.92. The molecule has 0 aromatic heterocycles. The van der Waals surface area contributed by atoms with Crippen molar-refractivity contribution in [1.82, 2.24) is 4.90 Å². The molecule has 0 aromatic rings. The van der Waals surface area contributed by atoms with E-state index in [4.69, 9.17) is 16.3 Å². The third-order valence-corrected chi connectivity index (χ3v) is 4.90. The van der Waals surface area contributed by atoms with Crippen LogP contribution >= 0.6 is 11.6 Å². The summed E-state index contributed by atoms with van der Waals surface area (Å²) in [6, 6.07) is 0. The first-order chi connectivity index (χ1) is 7.54. The molecule has 0 N–H and O–H groups in total. The summed E-state index contributed by atoms with van der Waals surface area (Å²) in [5.74, 6) is -0.471. The largest absolute Gasteiger partial charge is 0.383 e. The predicted octanol–water partition coefficient (Wildman–Crippen LogP) is 0.522. The van der Waals surface area contributed by atoms with Crippen LogP contribution in [0.5, 0.6) is 0 Å². The number of nitrogens with zero attached hydrogens (tertiary/aromatic N) is 1. The minimum atomic E-state index is -3.46. The average molecular weight is 286 g/mol. The number of sulfone groups is 1. The van der Waals surface area contributed by atoms with Crippen LogP contribution in [0, 0.1) is 0 Å². The Kier molecular flexibility index (Phi) is 5.90. The third kappa shape index (κ3) is 4.44. The zero-order valence-corrected chi connectivity index (χ0v) is 12.4. The van der Waals surface area contributed by atoms with E-state index in [1.165, 1.54) is 32.9 Å². The Bertz CT molecular complexity index is 367. The van der Waals surface area contributed by atoms with Crippen LogP contribution in [0.15, 0.2) is 0 Å². The van der Waals surface area contributed by atoms with Gasteiger partial charge in [-0.1, -0.05) is 0 Å². The number of alkyl halides is 1. The zero-order valence-electron chi connectivity index (χ0n) is 10.9. The number of hydrogen-bond acceptors (Lipinski definition) is 4. The summed E-state index contributed by atoms with van der Waals surface area (Å²) in [6.07, 6.45) is 1.05. The highest BCUT2D eigenvalue weighted by atomic mass is 35.5. The lowest BCUT2D eigenvalue weighted by Crippen LogP contribution is -2.49. The van der Waals surface area contributed by atoms with Crippen molar-refractivity contribution >= 4 is 27.3 Å². The van der Waals surface area contributed by atoms with Crippen molar-refractivity contribution in [3.63, 3.8) is 0 Å². The fourth-order valence-electron chi connectivity index (χ4n) is 1.23. The van der Waals surface area contributed by atoms with Crippen LogP contribution in [0.3, 0.4) is 0 Å². The molecule has 0 radical (unpaired) electrons. The smallest absolute Gasteiger partial charge is 0.243 e. The SMILES string of the molecule is COCC(Cl)CN(C)C(=O)C(C)(C)S(C)(=O)=O. The van der Waals surface area contributed by atoms with Crippen LogP contribution in [-0.4, -0.2) is 62.9 Å². The van der Waals surface area contributed by atoms with E-state index < -0.39 is 20.5 Å². The Hall–Kier alpha value is -0.330. The zero-order chi connectivity index (χ0) is 13.9. The molecule has 0 fully saturated rings. The van der Waals surface area contributed by atoms with E-state index in [9.17, 15) is 13.2 Å². The number of amides is 1. The van der Waals surface area contributed by atoms with Crippen molar-refractivity contribution < 1.29 is 17.9 Å². The first-order valence-corrected chi connectivity index (χ1v) is 7.45. The van der Waals surface area contributed by atoms with Gasteiger partial charge < -0.3 is 9.64 Å². The van der Waals surface area contributed by atoms with Gasteiger partial charge in [0.15, 0.2) is 9.84 Å². The second-order valence-corrected chi connectivity index (χ2v) is 7.70. The molecule has 1 atom stereocenters. The summed E-state index contributed by atoms with van der Waals surface area (Å²) in [6.45, 7) is 3.33. The molecule has 0 bridgehead atoms. The van der Waals surface area contributed by atoms with E-state index in [-0.39, 0.29) is 11.9 Å². The second kappa shape index (κ2) is 6.02. The summed E-state index contributed by atoms with van der Waals surface area (Å²) >= 11 is 5.92. The third-order valence-electron chi connectivity index (χ3n) is 2.61. The molecular weight excluding hydrogens is 266 g/mol. The van der Waals surface area contributed by atoms with E-state index >= 15 is 0 Å². The van der Waals surface area contributed by atoms with Crippen molar-refractivity contribution in [3.05, 3.63) is 0 Å². The van der Waals surface area contributed by atoms with Gasteiger partial charge in [0.2, 0.25) is 5.91 Å². The van der Waals surface area contributed by atoms with E-state index in [1.807, 2.05) is 0 Å². The van der Waals surface area contributed by atoms with E-state index in [0.29, 0.717) is 6.61 Å². The van der Waals surface area contributed by atoms with Crippen LogP contribution in [-0.2, 0) is 19.4 Å². The highest BCUT2D eigenvalue weighted by Gasteiger charge is 2.40. The summed E-state index contributed by atoms with van der Waals surface area (Å²) in [5.41, 5.74) is 0. The van der Waals surface area contributed by atoms with Crippen molar-refractivity contribution in [1.29, 1.82) is 0 Å². The van der Waals surface area contributed by atoms with Crippen molar-refractivity contribution in [2.75, 3.05) is 33.6 Å². The van der Waals surface area contributed by atoms with Gasteiger partial charge >= 0.3 is 0 Å². The number of methoxy groups -OCH3 is 1. The Morgan fingerprint density at radius 3 is 2.29 bits per heavy atom. The first-order valence-electron chi connectivity index (χ1n) is 5.12. The molecule has 0 aliphatic rings. The van der Waals surface area contributed by atoms with Crippen molar-refractivity contribution in [3.8, 4) is 0 Å². The van der Waals surface area contributed by atoms with Gasteiger partial charge in [-0.05, 0) is 13.8 Å². The van der Waals surface area contributed by atoms with E-state index in [0.717, 1.165) is 6.26 Å². The molecule has 0 spiro atoms. The number of carbonyl (C=O) groups excluding carboxylic acids is 1. The molecule has 17 heavy (non-hydrogen) atoms. The molecule has 0 rings (SSSR count). The van der Waals surface area contributed by atoms with E-state index in [1.54, 1.807) is 0 Å². The highest BCUT2D eigenvalue weighted by Crippen LogP contribution is 2.18. The molecule has 0 aliphatic carbocycles. The summed E-state index contributed by atoms with van der Waals surface area (Å²) in [7, 11) is -0.421. The van der Waals surface area contributed by atoms with Gasteiger partial charge in [0.25, 0.3) is 0 Å². The van der Waals surface area contributed by atoms with E-state index in [2.05, 4.69) is 0 Å². The van der Waals surface area contributed by atoms with Crippen LogP contribution in [0.25, 0.3) is 0 Å². The average Bonchev–Trinajstić information content (AvgIpc) is 2.14. The van der Waals surface area contributed by atoms with Gasteiger partial charge in [-0.2, -0.15) is 0 Å². The van der Waals surface area contributed by atoms with Gasteiger partial charge in [-0.15, -0.1) is 11.6 Å². The molecule has 0 aliphatic heterocycles. The number of hydrogen-bond donors (Lipinski definition) is 0. The lowest BCUT2D eigenvalue weighted by Gasteiger charge is -2.28. The minimum Gasteiger partial charge on any atom is -0.383 e. The normalized spacial score (nSPS) is 14.5. The molecule has 0 aromatic carbocycles. The number of carbonyl (C=O) groups is 1. The van der Waals surface area contributed by atoms with Crippen molar-refractivity contribution in [2.45, 2.75) is 24.0 Å². The quantitative estimate of drug-likeness (QED) is 0.668. The Morgan fingerprint density at radius 2 is 1.94 bits per heavy atom. The lowest BCUT2D eigenvalue weighted by atomic mass is 10.2. The van der Waals surface area contributed by atoms with Crippen LogP contribution in [0.2, 0.25) is 0 Å². The maximum absolute atomic E-state index is 12.0. The summed E-state index contributed by atoms with van der Waals surface area (Å²) in [4.78, 5) is 13.3. The van der Waals surface area contributed by atoms with Gasteiger partial charge in [0.05, 0.1) is 12.0 Å². The maximum Gasteiger partial charge on any atom is 0.243 e. The van der Waals surface area contributed by atoms with Gasteiger partial charge in [-0.25, -0.2) is 8.42 Å². The Labute approximate surface area is 108 Å². The lowest BCUT2D eigenvalue weighted by molar-refractivity contribution is -0.131. The Morgan fingerprint density at radius 1 is 1.47 bits per heavy atom. The maximum atomic E-state index is 12.0. The van der Waals surface area contributed by atoms with Gasteiger partial charge in [0, 0.05) is 27.0 Å². The molecule has 0 saturated heterocycles. The van der Waals surface area contributed by atoms with Crippen LogP contribution in [0.1, 0.15) is 13.8 Å². The fraction of sp³-hybridized carbons (Fsp3) is 0.900. The number of ether oxygens (including phenoxy) is 1. The molecule has 7 heteroatoms. The van der Waals surface area contributed by atoms with Crippen LogP contribution < -0.4 is 0 Å². The molecule has 1 unspecified atom stereocenters. The molecule has 102 valence electrons. The first kappa shape index (κ1) is 16.7. The predicted molar refractivity (Wildman–Crippen MR) is 68.1 cm³/mol. The molecule has 0 heterocycles. The fourth-order valence-corrected chi connectivity index (χ4v) is 2.04. The van der Waals surface area contributed by atoms with Crippen molar-refractivity contribution in [2.24, 2.45) is 0 Å². The van der Waals surface area contributed by atoms with Gasteiger partial charge in [-0.3, -0.25) is 4.79 Å². The second-order valence-electron chi connectivity index (χ2n) is 4.52. The molecule has 0 saturated carbocycles. The monoisotopic (exact) mass is 285 g/mol. The summed E-state index contributed by atoms with van der Waals surface area (Å²) < 4.78 is 26.4. The number of rotatable bonds is 6. The number of halogens is 1. The molecule has 1 amide bonds. The Balaban J connectivity index is 4.72.